The maximum Gasteiger partial charge on any atom is 0.256 e. The molecule has 3 rings (SSSR count). The highest BCUT2D eigenvalue weighted by Crippen LogP contribution is 2.23. The number of aromatic nitrogens is 2. The Morgan fingerprint density at radius 1 is 1.37 bits per heavy atom. The molecule has 0 saturated carbocycles. The summed E-state index contributed by atoms with van der Waals surface area (Å²) in [5.74, 6) is 0.458. The van der Waals surface area contributed by atoms with Gasteiger partial charge in [-0.25, -0.2) is 14.4 Å². The minimum Gasteiger partial charge on any atom is -0.376 e. The molecule has 1 aromatic carbocycles. The molecule has 6 nitrogen and oxygen atoms in total. The number of nitrogens with one attached hydrogen (secondary N) is 1. The highest BCUT2D eigenvalue weighted by atomic mass is 19.1. The Morgan fingerprint density at radius 3 is 2.74 bits per heavy atom. The lowest BCUT2D eigenvalue weighted by Gasteiger charge is -2.25. The van der Waals surface area contributed by atoms with Crippen LogP contribution in [0.15, 0.2) is 30.5 Å². The summed E-state index contributed by atoms with van der Waals surface area (Å²) >= 11 is 0. The van der Waals surface area contributed by atoms with E-state index in [0.717, 1.165) is 19.4 Å². The first-order valence-corrected chi connectivity index (χ1v) is 9.21. The summed E-state index contributed by atoms with van der Waals surface area (Å²) in [6.45, 7) is 5.27. The van der Waals surface area contributed by atoms with Gasteiger partial charge in [-0.3, -0.25) is 4.79 Å². The fraction of sp³-hybridized carbons (Fsp3) is 0.450. The molecule has 0 aliphatic carbocycles. The zero-order valence-electron chi connectivity index (χ0n) is 15.9. The normalized spacial score (nSPS) is 16.6. The molecule has 0 bridgehead atoms. The SMILES string of the molecule is CC(C)N(C)c1nc(-c2ccc(F)cc2)ncc1C(=O)NC[C@H]1CCCO1. The van der Waals surface area contributed by atoms with Crippen LogP contribution in [-0.2, 0) is 4.74 Å². The molecule has 1 amide bonds. The summed E-state index contributed by atoms with van der Waals surface area (Å²) in [6, 6.07) is 6.13. The molecule has 1 N–H and O–H groups in total. The Morgan fingerprint density at radius 2 is 2.11 bits per heavy atom. The number of hydrogen-bond acceptors (Lipinski definition) is 5. The summed E-state index contributed by atoms with van der Waals surface area (Å²) in [6.07, 6.45) is 3.58. The monoisotopic (exact) mass is 372 g/mol. The van der Waals surface area contributed by atoms with E-state index in [1.807, 2.05) is 25.8 Å². The van der Waals surface area contributed by atoms with Crippen LogP contribution in [-0.4, -0.2) is 48.2 Å². The zero-order valence-corrected chi connectivity index (χ0v) is 15.9. The van der Waals surface area contributed by atoms with Gasteiger partial charge in [-0.1, -0.05) is 0 Å². The second-order valence-electron chi connectivity index (χ2n) is 6.99. The van der Waals surface area contributed by atoms with Crippen molar-refractivity contribution in [2.45, 2.75) is 38.8 Å². The zero-order chi connectivity index (χ0) is 19.4. The summed E-state index contributed by atoms with van der Waals surface area (Å²) in [4.78, 5) is 23.6. The van der Waals surface area contributed by atoms with Crippen molar-refractivity contribution in [3.8, 4) is 11.4 Å². The minimum absolute atomic E-state index is 0.0691. The Bertz CT molecular complexity index is 789. The van der Waals surface area contributed by atoms with Crippen molar-refractivity contribution >= 4 is 11.7 Å². The standard InChI is InChI=1S/C20H25FN4O2/c1-13(2)25(3)19-17(20(26)23-11-16-5-4-10-27-16)12-22-18(24-19)14-6-8-15(21)9-7-14/h6-9,12-13,16H,4-5,10-11H2,1-3H3,(H,23,26)/t16-/m1/s1. The van der Waals surface area contributed by atoms with Crippen molar-refractivity contribution in [3.63, 3.8) is 0 Å². The van der Waals surface area contributed by atoms with E-state index in [2.05, 4.69) is 15.3 Å². The van der Waals surface area contributed by atoms with E-state index >= 15 is 0 Å². The van der Waals surface area contributed by atoms with Crippen molar-refractivity contribution in [3.05, 3.63) is 41.8 Å². The molecule has 7 heteroatoms. The van der Waals surface area contributed by atoms with Gasteiger partial charge in [-0.2, -0.15) is 0 Å². The van der Waals surface area contributed by atoms with Gasteiger partial charge in [0.1, 0.15) is 17.2 Å². The van der Waals surface area contributed by atoms with Crippen molar-refractivity contribution in [2.24, 2.45) is 0 Å². The molecule has 1 fully saturated rings. The molecule has 0 spiro atoms. The second kappa shape index (κ2) is 8.43. The van der Waals surface area contributed by atoms with Crippen LogP contribution in [0, 0.1) is 5.82 Å². The lowest BCUT2D eigenvalue weighted by molar-refractivity contribution is 0.0857. The summed E-state index contributed by atoms with van der Waals surface area (Å²) < 4.78 is 18.7. The summed E-state index contributed by atoms with van der Waals surface area (Å²) in [5, 5.41) is 2.92. The van der Waals surface area contributed by atoms with Gasteiger partial charge in [0.25, 0.3) is 5.91 Å². The predicted octanol–water partition coefficient (Wildman–Crippen LogP) is 3.04. The molecule has 144 valence electrons. The van der Waals surface area contributed by atoms with Crippen LogP contribution in [0.2, 0.25) is 0 Å². The van der Waals surface area contributed by atoms with Crippen molar-refractivity contribution in [2.75, 3.05) is 25.1 Å². The third-order valence-electron chi connectivity index (χ3n) is 4.74. The molecule has 1 saturated heterocycles. The number of halogens is 1. The van der Waals surface area contributed by atoms with Crippen molar-refractivity contribution in [1.82, 2.24) is 15.3 Å². The van der Waals surface area contributed by atoms with E-state index < -0.39 is 0 Å². The van der Waals surface area contributed by atoms with Crippen LogP contribution >= 0.6 is 0 Å². The van der Waals surface area contributed by atoms with E-state index in [0.29, 0.717) is 29.3 Å². The van der Waals surface area contributed by atoms with E-state index in [4.69, 9.17) is 4.74 Å². The van der Waals surface area contributed by atoms with Crippen LogP contribution in [0.25, 0.3) is 11.4 Å². The molecule has 1 aliphatic heterocycles. The van der Waals surface area contributed by atoms with E-state index in [-0.39, 0.29) is 23.9 Å². The first-order chi connectivity index (χ1) is 13.0. The molecule has 1 aromatic heterocycles. The number of carbonyl (C=O) groups excluding carboxylic acids is 1. The van der Waals surface area contributed by atoms with E-state index in [1.54, 1.807) is 12.1 Å². The van der Waals surface area contributed by atoms with Gasteiger partial charge in [0, 0.05) is 38.0 Å². The molecular weight excluding hydrogens is 347 g/mol. The molecule has 0 radical (unpaired) electrons. The number of hydrogen-bond donors (Lipinski definition) is 1. The third-order valence-corrected chi connectivity index (χ3v) is 4.74. The Labute approximate surface area is 158 Å². The number of rotatable bonds is 6. The maximum atomic E-state index is 13.2. The highest BCUT2D eigenvalue weighted by molar-refractivity contribution is 5.99. The van der Waals surface area contributed by atoms with Gasteiger partial charge in [0.15, 0.2) is 5.82 Å². The van der Waals surface area contributed by atoms with Gasteiger partial charge < -0.3 is 15.0 Å². The maximum absolute atomic E-state index is 13.2. The molecule has 27 heavy (non-hydrogen) atoms. The Hall–Kier alpha value is -2.54. The fourth-order valence-electron chi connectivity index (χ4n) is 2.89. The summed E-state index contributed by atoms with van der Waals surface area (Å²) in [5.41, 5.74) is 1.11. The quantitative estimate of drug-likeness (QED) is 0.844. The second-order valence-corrected chi connectivity index (χ2v) is 6.99. The van der Waals surface area contributed by atoms with Crippen LogP contribution in [0.3, 0.4) is 0 Å². The van der Waals surface area contributed by atoms with Gasteiger partial charge in [-0.05, 0) is 51.0 Å². The summed E-state index contributed by atoms with van der Waals surface area (Å²) in [7, 11) is 1.89. The number of ether oxygens (including phenoxy) is 1. The number of carbonyl (C=O) groups is 1. The largest absolute Gasteiger partial charge is 0.376 e. The molecule has 1 aliphatic rings. The molecule has 1 atom stereocenters. The molecular formula is C20H25FN4O2. The number of nitrogens with zero attached hydrogens (tertiary/aromatic N) is 3. The fourth-order valence-corrected chi connectivity index (χ4v) is 2.89. The van der Waals surface area contributed by atoms with E-state index in [9.17, 15) is 9.18 Å². The van der Waals surface area contributed by atoms with E-state index in [1.165, 1.54) is 18.3 Å². The topological polar surface area (TPSA) is 67.4 Å². The highest BCUT2D eigenvalue weighted by Gasteiger charge is 2.22. The van der Waals surface area contributed by atoms with Crippen molar-refractivity contribution < 1.29 is 13.9 Å². The molecule has 2 heterocycles. The molecule has 0 unspecified atom stereocenters. The first-order valence-electron chi connectivity index (χ1n) is 9.21. The minimum atomic E-state index is -0.316. The predicted molar refractivity (Wildman–Crippen MR) is 102 cm³/mol. The first kappa shape index (κ1) is 19.2. The van der Waals surface area contributed by atoms with Crippen molar-refractivity contribution in [1.29, 1.82) is 0 Å². The smallest absolute Gasteiger partial charge is 0.256 e. The van der Waals surface area contributed by atoms with Crippen LogP contribution in [0.5, 0.6) is 0 Å². The van der Waals surface area contributed by atoms with Gasteiger partial charge in [-0.15, -0.1) is 0 Å². The average Bonchev–Trinajstić information content (AvgIpc) is 3.19. The third kappa shape index (κ3) is 4.60. The number of benzene rings is 1. The molecule has 2 aromatic rings. The number of amides is 1. The van der Waals surface area contributed by atoms with Gasteiger partial charge in [0.2, 0.25) is 0 Å². The Kier molecular flexibility index (Phi) is 6.01. The van der Waals surface area contributed by atoms with Gasteiger partial charge in [0.05, 0.1) is 6.10 Å². The number of anilines is 1. The van der Waals surface area contributed by atoms with Crippen LogP contribution in [0.1, 0.15) is 37.0 Å². The average molecular weight is 372 g/mol. The van der Waals surface area contributed by atoms with Gasteiger partial charge >= 0.3 is 0 Å². The Balaban J connectivity index is 1.87. The van der Waals surface area contributed by atoms with Crippen LogP contribution in [0.4, 0.5) is 10.2 Å². The van der Waals surface area contributed by atoms with Crippen LogP contribution < -0.4 is 10.2 Å². The lowest BCUT2D eigenvalue weighted by Crippen LogP contribution is -2.35. The lowest BCUT2D eigenvalue weighted by atomic mass is 10.2.